The highest BCUT2D eigenvalue weighted by atomic mass is 16.5. The molecule has 0 radical (unpaired) electrons. The van der Waals surface area contributed by atoms with Gasteiger partial charge < -0.3 is 19.7 Å². The van der Waals surface area contributed by atoms with Gasteiger partial charge in [0.25, 0.3) is 0 Å². The molecule has 0 bridgehead atoms. The van der Waals surface area contributed by atoms with Crippen molar-refractivity contribution in [3.05, 3.63) is 70.9 Å². The summed E-state index contributed by atoms with van der Waals surface area (Å²) in [5, 5.41) is 2.95. The second kappa shape index (κ2) is 8.61. The molecule has 3 amide bonds. The molecule has 33 heavy (non-hydrogen) atoms. The molecule has 0 saturated carbocycles. The van der Waals surface area contributed by atoms with Gasteiger partial charge in [-0.05, 0) is 48.7 Å². The second-order valence-corrected chi connectivity index (χ2v) is 8.22. The number of hydrogen-bond donors (Lipinski definition) is 1. The van der Waals surface area contributed by atoms with Crippen LogP contribution < -0.4 is 15.0 Å². The van der Waals surface area contributed by atoms with Gasteiger partial charge in [0.1, 0.15) is 12.4 Å². The maximum atomic E-state index is 13.1. The van der Waals surface area contributed by atoms with E-state index >= 15 is 0 Å². The van der Waals surface area contributed by atoms with Crippen molar-refractivity contribution in [3.63, 3.8) is 0 Å². The summed E-state index contributed by atoms with van der Waals surface area (Å²) in [6.07, 6.45) is 1.45. The molecule has 8 heteroatoms. The van der Waals surface area contributed by atoms with Crippen LogP contribution in [0.5, 0.6) is 5.75 Å². The fourth-order valence-corrected chi connectivity index (χ4v) is 4.54. The van der Waals surface area contributed by atoms with Crippen molar-refractivity contribution >= 4 is 23.6 Å². The Kier molecular flexibility index (Phi) is 5.50. The summed E-state index contributed by atoms with van der Waals surface area (Å²) in [5.41, 5.74) is 3.59. The molecule has 1 saturated heterocycles. The zero-order chi connectivity index (χ0) is 22.9. The second-order valence-electron chi connectivity index (χ2n) is 8.22. The molecule has 3 heterocycles. The third-order valence-electron chi connectivity index (χ3n) is 6.18. The van der Waals surface area contributed by atoms with Crippen LogP contribution >= 0.6 is 0 Å². The topological polar surface area (TPSA) is 88.2 Å². The summed E-state index contributed by atoms with van der Waals surface area (Å²) in [6, 6.07) is 14.1. The SMILES string of the molecule is CCOc1ccc(C2NC(=O)N(Cc3ccc(N4CCCC4=O)cc3)C3=C2C(=O)OC3)cc1. The van der Waals surface area contributed by atoms with E-state index in [1.165, 1.54) is 0 Å². The monoisotopic (exact) mass is 447 g/mol. The van der Waals surface area contributed by atoms with Gasteiger partial charge in [0.15, 0.2) is 0 Å². The third-order valence-corrected chi connectivity index (χ3v) is 6.18. The number of carbonyl (C=O) groups excluding carboxylic acids is 3. The zero-order valence-corrected chi connectivity index (χ0v) is 18.4. The van der Waals surface area contributed by atoms with E-state index in [1.54, 1.807) is 9.80 Å². The van der Waals surface area contributed by atoms with Gasteiger partial charge in [0.05, 0.1) is 30.5 Å². The van der Waals surface area contributed by atoms with Crippen molar-refractivity contribution in [1.29, 1.82) is 0 Å². The average molecular weight is 447 g/mol. The summed E-state index contributed by atoms with van der Waals surface area (Å²) in [6.45, 7) is 3.57. The van der Waals surface area contributed by atoms with Crippen LogP contribution in [0.1, 0.15) is 36.9 Å². The van der Waals surface area contributed by atoms with E-state index in [2.05, 4.69) is 5.32 Å². The first-order chi connectivity index (χ1) is 16.0. The number of cyclic esters (lactones) is 1. The molecule has 1 atom stereocenters. The van der Waals surface area contributed by atoms with Crippen LogP contribution in [-0.2, 0) is 20.9 Å². The van der Waals surface area contributed by atoms with Crippen molar-refractivity contribution in [1.82, 2.24) is 10.2 Å². The van der Waals surface area contributed by atoms with Gasteiger partial charge in [0, 0.05) is 18.7 Å². The molecule has 1 N–H and O–H groups in total. The van der Waals surface area contributed by atoms with E-state index in [1.807, 2.05) is 55.5 Å². The Morgan fingerprint density at radius 3 is 2.48 bits per heavy atom. The number of esters is 1. The van der Waals surface area contributed by atoms with Crippen molar-refractivity contribution in [3.8, 4) is 5.75 Å². The first-order valence-electron chi connectivity index (χ1n) is 11.2. The van der Waals surface area contributed by atoms with Crippen LogP contribution in [0.25, 0.3) is 0 Å². The van der Waals surface area contributed by atoms with Crippen LogP contribution in [-0.4, -0.2) is 42.6 Å². The minimum Gasteiger partial charge on any atom is -0.494 e. The quantitative estimate of drug-likeness (QED) is 0.687. The Labute approximate surface area is 191 Å². The minimum absolute atomic E-state index is 0.0650. The fraction of sp³-hybridized carbons (Fsp3) is 0.320. The van der Waals surface area contributed by atoms with Crippen molar-refractivity contribution in [2.24, 2.45) is 0 Å². The molecule has 8 nitrogen and oxygen atoms in total. The number of amides is 3. The predicted molar refractivity (Wildman–Crippen MR) is 120 cm³/mol. The first-order valence-corrected chi connectivity index (χ1v) is 11.2. The molecule has 2 aromatic carbocycles. The maximum absolute atomic E-state index is 13.1. The van der Waals surface area contributed by atoms with Gasteiger partial charge in [-0.3, -0.25) is 9.69 Å². The van der Waals surface area contributed by atoms with Gasteiger partial charge >= 0.3 is 12.0 Å². The lowest BCUT2D eigenvalue weighted by Gasteiger charge is -2.33. The summed E-state index contributed by atoms with van der Waals surface area (Å²) >= 11 is 0. The van der Waals surface area contributed by atoms with Crippen LogP contribution in [0.4, 0.5) is 10.5 Å². The number of urea groups is 1. The van der Waals surface area contributed by atoms with E-state index in [0.29, 0.717) is 30.8 Å². The Hall–Kier alpha value is -3.81. The average Bonchev–Trinajstić information content (AvgIpc) is 3.42. The molecule has 0 aromatic heterocycles. The van der Waals surface area contributed by atoms with Crippen LogP contribution in [0.2, 0.25) is 0 Å². The number of nitrogens with one attached hydrogen (secondary N) is 1. The molecule has 0 spiro atoms. The molecule has 2 aromatic rings. The fourth-order valence-electron chi connectivity index (χ4n) is 4.54. The minimum atomic E-state index is -0.571. The molecule has 3 aliphatic heterocycles. The van der Waals surface area contributed by atoms with Crippen LogP contribution in [0.15, 0.2) is 59.8 Å². The molecule has 5 rings (SSSR count). The van der Waals surface area contributed by atoms with Gasteiger partial charge in [-0.15, -0.1) is 0 Å². The van der Waals surface area contributed by atoms with Gasteiger partial charge in [-0.25, -0.2) is 9.59 Å². The Morgan fingerprint density at radius 2 is 1.82 bits per heavy atom. The van der Waals surface area contributed by atoms with E-state index in [0.717, 1.165) is 35.5 Å². The largest absolute Gasteiger partial charge is 0.494 e. The summed E-state index contributed by atoms with van der Waals surface area (Å²) in [7, 11) is 0. The number of ether oxygens (including phenoxy) is 2. The predicted octanol–water partition coefficient (Wildman–Crippen LogP) is 3.29. The molecule has 3 aliphatic rings. The highest BCUT2D eigenvalue weighted by Gasteiger charge is 2.42. The highest BCUT2D eigenvalue weighted by molar-refractivity contribution is 5.97. The van der Waals surface area contributed by atoms with Crippen LogP contribution in [0, 0.1) is 0 Å². The number of rotatable bonds is 6. The Balaban J connectivity index is 1.39. The lowest BCUT2D eigenvalue weighted by Crippen LogP contribution is -2.46. The zero-order valence-electron chi connectivity index (χ0n) is 18.4. The number of nitrogens with zero attached hydrogens (tertiary/aromatic N) is 2. The van der Waals surface area contributed by atoms with E-state index in [9.17, 15) is 14.4 Å². The van der Waals surface area contributed by atoms with Gasteiger partial charge in [-0.2, -0.15) is 0 Å². The molecule has 170 valence electrons. The standard InChI is InChI=1S/C25H25N3O5/c1-2-32-19-11-7-17(8-12-19)23-22-20(15-33-24(22)30)28(25(31)26-23)14-16-5-9-18(10-6-16)27-13-3-4-21(27)29/h5-12,23H,2-4,13-15H2,1H3,(H,26,31). The molecule has 1 unspecified atom stereocenters. The summed E-state index contributed by atoms with van der Waals surface area (Å²) in [4.78, 5) is 40.9. The van der Waals surface area contributed by atoms with Gasteiger partial charge in [0.2, 0.25) is 5.91 Å². The summed E-state index contributed by atoms with van der Waals surface area (Å²) in [5.74, 6) is 0.443. The highest BCUT2D eigenvalue weighted by Crippen LogP contribution is 2.36. The molecule has 0 aliphatic carbocycles. The summed E-state index contributed by atoms with van der Waals surface area (Å²) < 4.78 is 10.8. The van der Waals surface area contributed by atoms with Crippen LogP contribution in [0.3, 0.4) is 0 Å². The Bertz CT molecular complexity index is 1120. The smallest absolute Gasteiger partial charge is 0.338 e. The number of anilines is 1. The lowest BCUT2D eigenvalue weighted by molar-refractivity contribution is -0.136. The third kappa shape index (κ3) is 3.92. The number of carbonyl (C=O) groups is 3. The van der Waals surface area contributed by atoms with E-state index in [-0.39, 0.29) is 18.5 Å². The maximum Gasteiger partial charge on any atom is 0.338 e. The van der Waals surface area contributed by atoms with Gasteiger partial charge in [-0.1, -0.05) is 24.3 Å². The Morgan fingerprint density at radius 1 is 1.06 bits per heavy atom. The first kappa shape index (κ1) is 21.1. The molecular weight excluding hydrogens is 422 g/mol. The van der Waals surface area contributed by atoms with E-state index in [4.69, 9.17) is 9.47 Å². The number of hydrogen-bond acceptors (Lipinski definition) is 5. The molecule has 1 fully saturated rings. The van der Waals surface area contributed by atoms with Crippen molar-refractivity contribution in [2.75, 3.05) is 24.7 Å². The molecular formula is C25H25N3O5. The van der Waals surface area contributed by atoms with Crippen molar-refractivity contribution in [2.45, 2.75) is 32.4 Å². The van der Waals surface area contributed by atoms with Crippen molar-refractivity contribution < 1.29 is 23.9 Å². The number of benzene rings is 2. The lowest BCUT2D eigenvalue weighted by atomic mass is 9.95. The normalized spacial score (nSPS) is 20.2. The van der Waals surface area contributed by atoms with E-state index < -0.39 is 12.0 Å².